The Labute approximate surface area is 46.2 Å². The van der Waals surface area contributed by atoms with Crippen LogP contribution in [0.1, 0.15) is 6.42 Å². The summed E-state index contributed by atoms with van der Waals surface area (Å²) in [7, 11) is 0. The van der Waals surface area contributed by atoms with Crippen molar-refractivity contribution in [3.05, 3.63) is 22.6 Å². The Morgan fingerprint density at radius 1 is 1.83 bits per heavy atom. The van der Waals surface area contributed by atoms with Crippen molar-refractivity contribution in [1.82, 2.24) is 0 Å². The molecule has 0 unspecified atom stereocenters. The molecule has 0 spiro atoms. The molecule has 1 rings (SSSR count). The van der Waals surface area contributed by atoms with Crippen LogP contribution in [0.5, 0.6) is 0 Å². The third-order valence-corrected chi connectivity index (χ3v) is 2.31. The average Bonchev–Trinajstić information content (AvgIpc) is 1.86. The van der Waals surface area contributed by atoms with Gasteiger partial charge in [-0.05, 0) is 0 Å². The summed E-state index contributed by atoms with van der Waals surface area (Å²) < 4.78 is 1.46. The number of allylic oxidation sites excluding steroid dienone is 4. The SMILES string of the molecule is [GeH3][C]1=[C]CC=C1. The Kier molecular flexibility index (Phi) is 1.15. The van der Waals surface area contributed by atoms with E-state index in [1.807, 2.05) is 0 Å². The topological polar surface area (TPSA) is 0 Å². The summed E-state index contributed by atoms with van der Waals surface area (Å²) in [6.45, 7) is 0. The number of hydrogen-bond donors (Lipinski definition) is 0. The number of hydrogen-bond acceptors (Lipinski definition) is 0. The van der Waals surface area contributed by atoms with Crippen molar-refractivity contribution >= 4 is 16.5 Å². The van der Waals surface area contributed by atoms with Crippen LogP contribution in [0.2, 0.25) is 0 Å². The molecule has 0 aliphatic heterocycles. The molecule has 0 aromatic rings. The molecular weight excluding hydrogens is 133 g/mol. The molecule has 0 fully saturated rings. The quantitative estimate of drug-likeness (QED) is 0.415. The minimum absolute atomic E-state index is 0.861. The van der Waals surface area contributed by atoms with Gasteiger partial charge in [-0.25, -0.2) is 0 Å². The maximum atomic E-state index is 3.21. The van der Waals surface area contributed by atoms with Gasteiger partial charge in [0.2, 0.25) is 0 Å². The van der Waals surface area contributed by atoms with Gasteiger partial charge >= 0.3 is 45.6 Å². The molecular formula is C5H7Ge. The maximum absolute atomic E-state index is 3.21. The van der Waals surface area contributed by atoms with Crippen molar-refractivity contribution in [2.45, 2.75) is 6.42 Å². The van der Waals surface area contributed by atoms with Crippen molar-refractivity contribution in [2.24, 2.45) is 0 Å². The Bertz CT molecular complexity index is 97.8. The fourth-order valence-corrected chi connectivity index (χ4v) is 1.44. The predicted molar refractivity (Wildman–Crippen MR) is 30.5 cm³/mol. The molecule has 0 nitrogen and oxygen atoms in total. The molecule has 0 heterocycles. The van der Waals surface area contributed by atoms with E-state index in [1.54, 1.807) is 0 Å². The first-order chi connectivity index (χ1) is 2.89. The van der Waals surface area contributed by atoms with Crippen LogP contribution in [0, 0.1) is 6.08 Å². The van der Waals surface area contributed by atoms with Gasteiger partial charge < -0.3 is 0 Å². The molecule has 0 saturated heterocycles. The van der Waals surface area contributed by atoms with Crippen LogP contribution in [-0.4, -0.2) is 16.5 Å². The second kappa shape index (κ2) is 1.65. The third kappa shape index (κ3) is 0.745. The second-order valence-corrected chi connectivity index (χ2v) is 3.73. The third-order valence-electron chi connectivity index (χ3n) is 0.867. The Balaban J connectivity index is 2.68. The molecule has 1 aliphatic rings. The Morgan fingerprint density at radius 2 is 2.67 bits per heavy atom. The molecule has 0 bridgehead atoms. The van der Waals surface area contributed by atoms with E-state index >= 15 is 0 Å². The molecule has 0 saturated carbocycles. The molecule has 31 valence electrons. The first-order valence-electron chi connectivity index (χ1n) is 2.13. The van der Waals surface area contributed by atoms with Crippen molar-refractivity contribution in [2.75, 3.05) is 0 Å². The van der Waals surface area contributed by atoms with Crippen molar-refractivity contribution in [1.29, 1.82) is 0 Å². The van der Waals surface area contributed by atoms with E-state index in [4.69, 9.17) is 0 Å². The molecule has 0 amide bonds. The van der Waals surface area contributed by atoms with Crippen LogP contribution >= 0.6 is 0 Å². The van der Waals surface area contributed by atoms with Crippen LogP contribution in [-0.2, 0) is 0 Å². The summed E-state index contributed by atoms with van der Waals surface area (Å²) in [5.74, 6) is 0. The Morgan fingerprint density at radius 3 is 2.83 bits per heavy atom. The van der Waals surface area contributed by atoms with E-state index in [0.29, 0.717) is 0 Å². The van der Waals surface area contributed by atoms with Crippen molar-refractivity contribution < 1.29 is 0 Å². The molecule has 0 aromatic carbocycles. The molecule has 0 atom stereocenters. The van der Waals surface area contributed by atoms with E-state index in [2.05, 4.69) is 18.2 Å². The summed E-state index contributed by atoms with van der Waals surface area (Å²) in [5.41, 5.74) is 0. The van der Waals surface area contributed by atoms with E-state index in [0.717, 1.165) is 22.9 Å². The normalized spacial score (nSPS) is 19.0. The summed E-state index contributed by atoms with van der Waals surface area (Å²) >= 11 is 0.861. The van der Waals surface area contributed by atoms with Gasteiger partial charge in [0.25, 0.3) is 0 Å². The average molecular weight is 140 g/mol. The fourth-order valence-electron chi connectivity index (χ4n) is 0.515. The number of rotatable bonds is 0. The van der Waals surface area contributed by atoms with Crippen molar-refractivity contribution in [3.8, 4) is 0 Å². The zero-order chi connectivity index (χ0) is 4.41. The van der Waals surface area contributed by atoms with E-state index in [1.165, 1.54) is 4.41 Å². The Hall–Kier alpha value is 0.0229. The molecule has 1 heteroatoms. The van der Waals surface area contributed by atoms with Gasteiger partial charge in [-0.3, -0.25) is 0 Å². The van der Waals surface area contributed by atoms with Crippen LogP contribution in [0.4, 0.5) is 0 Å². The molecule has 1 radical (unpaired) electrons. The standard InChI is InChI=1S/C5H7Ge/c6-5-3-1-2-4-5/h1,3H,2H2,6H3. The second-order valence-electron chi connectivity index (χ2n) is 1.47. The van der Waals surface area contributed by atoms with E-state index in [9.17, 15) is 0 Å². The van der Waals surface area contributed by atoms with Crippen LogP contribution in [0.15, 0.2) is 16.6 Å². The van der Waals surface area contributed by atoms with Gasteiger partial charge in [-0.2, -0.15) is 0 Å². The van der Waals surface area contributed by atoms with E-state index in [-0.39, 0.29) is 0 Å². The van der Waals surface area contributed by atoms with Gasteiger partial charge in [-0.1, -0.05) is 0 Å². The van der Waals surface area contributed by atoms with Crippen LogP contribution in [0.3, 0.4) is 0 Å². The molecule has 0 aromatic heterocycles. The zero-order valence-electron chi connectivity index (χ0n) is 3.86. The van der Waals surface area contributed by atoms with Crippen LogP contribution in [0.25, 0.3) is 0 Å². The van der Waals surface area contributed by atoms with Gasteiger partial charge in [0.05, 0.1) is 0 Å². The minimum atomic E-state index is 0.861. The summed E-state index contributed by atoms with van der Waals surface area (Å²) in [5, 5.41) is 0. The predicted octanol–water partition coefficient (Wildman–Crippen LogP) is -0.00121. The first kappa shape index (κ1) is 4.19. The van der Waals surface area contributed by atoms with Crippen molar-refractivity contribution in [3.63, 3.8) is 0 Å². The van der Waals surface area contributed by atoms with Crippen LogP contribution < -0.4 is 0 Å². The fraction of sp³-hybridized carbons (Fsp3) is 0.200. The van der Waals surface area contributed by atoms with E-state index < -0.39 is 0 Å². The molecule has 6 heavy (non-hydrogen) atoms. The van der Waals surface area contributed by atoms with Gasteiger partial charge in [0.15, 0.2) is 0 Å². The first-order valence-corrected chi connectivity index (χ1v) is 4.23. The summed E-state index contributed by atoms with van der Waals surface area (Å²) in [4.78, 5) is 0. The van der Waals surface area contributed by atoms with Gasteiger partial charge in [0, 0.05) is 0 Å². The zero-order valence-corrected chi connectivity index (χ0v) is 8.06. The molecule has 1 aliphatic carbocycles. The molecule has 0 N–H and O–H groups in total. The monoisotopic (exact) mass is 141 g/mol. The summed E-state index contributed by atoms with van der Waals surface area (Å²) in [6.07, 6.45) is 8.59. The summed E-state index contributed by atoms with van der Waals surface area (Å²) in [6, 6.07) is 0. The van der Waals surface area contributed by atoms with Gasteiger partial charge in [-0.15, -0.1) is 0 Å². The van der Waals surface area contributed by atoms with Gasteiger partial charge in [0.1, 0.15) is 0 Å².